The summed E-state index contributed by atoms with van der Waals surface area (Å²) in [4.78, 5) is 9.46. The molecule has 2 fully saturated rings. The summed E-state index contributed by atoms with van der Waals surface area (Å²) in [5.41, 5.74) is 0.439. The Morgan fingerprint density at radius 3 is 2.70 bits per heavy atom. The molecule has 172 valence electrons. The minimum atomic E-state index is -3.39. The van der Waals surface area contributed by atoms with E-state index in [1.54, 1.807) is 6.07 Å². The van der Waals surface area contributed by atoms with Gasteiger partial charge in [-0.15, -0.1) is 24.0 Å². The molecule has 0 spiro atoms. The van der Waals surface area contributed by atoms with E-state index in [2.05, 4.69) is 34.1 Å². The van der Waals surface area contributed by atoms with Gasteiger partial charge in [-0.1, -0.05) is 12.1 Å². The first-order chi connectivity index (χ1) is 14.0. The van der Waals surface area contributed by atoms with Crippen molar-refractivity contribution in [2.75, 3.05) is 58.9 Å². The molecule has 1 atom stereocenters. The third-order valence-electron chi connectivity index (χ3n) is 5.51. The molecule has 30 heavy (non-hydrogen) atoms. The Labute approximate surface area is 197 Å². The minimum Gasteiger partial charge on any atom is -0.364 e. The Morgan fingerprint density at radius 2 is 2.07 bits per heavy atom. The smallest absolute Gasteiger partial charge is 0.220 e. The molecule has 0 saturated carbocycles. The van der Waals surface area contributed by atoms with Crippen molar-refractivity contribution in [3.63, 3.8) is 0 Å². The third-order valence-corrected chi connectivity index (χ3v) is 7.32. The lowest BCUT2D eigenvalue weighted by molar-refractivity contribution is 0.188. The van der Waals surface area contributed by atoms with E-state index in [-0.39, 0.29) is 29.7 Å². The Balaban J connectivity index is 0.00000320. The van der Waals surface area contributed by atoms with Crippen LogP contribution in [0.15, 0.2) is 21.8 Å². The van der Waals surface area contributed by atoms with Crippen molar-refractivity contribution in [2.24, 2.45) is 10.9 Å². The zero-order valence-electron chi connectivity index (χ0n) is 18.0. The number of rotatable bonds is 7. The van der Waals surface area contributed by atoms with Crippen LogP contribution in [-0.4, -0.2) is 92.5 Å². The molecule has 2 aliphatic rings. The summed E-state index contributed by atoms with van der Waals surface area (Å²) in [6.45, 7) is 11.4. The summed E-state index contributed by atoms with van der Waals surface area (Å²) in [5, 5.41) is 7.07. The number of likely N-dealkylation sites (tertiary alicyclic amines) is 1. The molecule has 3 heterocycles. The summed E-state index contributed by atoms with van der Waals surface area (Å²) < 4.78 is 31.5. The molecule has 0 bridgehead atoms. The predicted molar refractivity (Wildman–Crippen MR) is 129 cm³/mol. The van der Waals surface area contributed by atoms with Crippen molar-refractivity contribution >= 4 is 40.0 Å². The number of piperazine rings is 1. The number of hydrogen-bond donors (Lipinski definition) is 1. The zero-order valence-corrected chi connectivity index (χ0v) is 21.1. The van der Waals surface area contributed by atoms with E-state index in [1.807, 2.05) is 0 Å². The van der Waals surface area contributed by atoms with Crippen LogP contribution < -0.4 is 5.32 Å². The Bertz CT molecular complexity index is 750. The van der Waals surface area contributed by atoms with Crippen LogP contribution in [0.2, 0.25) is 0 Å². The van der Waals surface area contributed by atoms with Crippen molar-refractivity contribution in [3.8, 4) is 0 Å². The minimum absolute atomic E-state index is 0. The molecule has 1 N–H and O–H groups in total. The van der Waals surface area contributed by atoms with Crippen LogP contribution in [0.3, 0.4) is 0 Å². The number of nitrogens with one attached hydrogen (secondary N) is 1. The van der Waals surface area contributed by atoms with Crippen LogP contribution in [-0.2, 0) is 15.8 Å². The highest BCUT2D eigenvalue weighted by atomic mass is 127. The van der Waals surface area contributed by atoms with Gasteiger partial charge >= 0.3 is 0 Å². The van der Waals surface area contributed by atoms with E-state index in [1.165, 1.54) is 30.0 Å². The first-order valence-electron chi connectivity index (χ1n) is 10.6. The lowest BCUT2D eigenvalue weighted by Gasteiger charge is -2.36. The predicted octanol–water partition coefficient (Wildman–Crippen LogP) is 1.44. The number of halogens is 1. The van der Waals surface area contributed by atoms with Crippen LogP contribution in [0, 0.1) is 5.92 Å². The highest BCUT2D eigenvalue weighted by Crippen LogP contribution is 2.15. The fourth-order valence-corrected chi connectivity index (χ4v) is 5.41. The van der Waals surface area contributed by atoms with Gasteiger partial charge in [-0.25, -0.2) is 8.42 Å². The van der Waals surface area contributed by atoms with Gasteiger partial charge in [0.15, 0.2) is 5.96 Å². The van der Waals surface area contributed by atoms with Gasteiger partial charge in [0.1, 0.15) is 12.0 Å². The second kappa shape index (κ2) is 12.2. The molecular weight excluding hydrogens is 519 g/mol. The molecule has 1 aromatic rings. The Morgan fingerprint density at radius 1 is 1.30 bits per heavy atom. The molecule has 9 nitrogen and oxygen atoms in total. The molecular formula is C19H35IN6O3S. The van der Waals surface area contributed by atoms with E-state index in [9.17, 15) is 8.42 Å². The maximum atomic E-state index is 12.6. The molecule has 11 heteroatoms. The number of piperidine rings is 1. The maximum absolute atomic E-state index is 12.6. The Kier molecular flexibility index (Phi) is 10.3. The first kappa shape index (κ1) is 25.3. The van der Waals surface area contributed by atoms with E-state index < -0.39 is 10.0 Å². The molecule has 2 aliphatic heterocycles. The van der Waals surface area contributed by atoms with Crippen LogP contribution >= 0.6 is 24.0 Å². The molecule has 0 aromatic carbocycles. The van der Waals surface area contributed by atoms with Crippen molar-refractivity contribution in [3.05, 3.63) is 18.0 Å². The number of sulfonamides is 1. The first-order valence-corrected chi connectivity index (χ1v) is 12.2. The van der Waals surface area contributed by atoms with Crippen LogP contribution in [0.1, 0.15) is 32.4 Å². The molecule has 1 unspecified atom stereocenters. The van der Waals surface area contributed by atoms with Gasteiger partial charge in [-0.05, 0) is 32.2 Å². The van der Waals surface area contributed by atoms with Crippen LogP contribution in [0.25, 0.3) is 0 Å². The summed E-state index contributed by atoms with van der Waals surface area (Å²) in [7, 11) is -3.39. The number of nitrogens with zero attached hydrogens (tertiary/aromatic N) is 5. The van der Waals surface area contributed by atoms with E-state index in [0.717, 1.165) is 38.1 Å². The molecule has 2 saturated heterocycles. The standard InChI is InChI=1S/C19H34N6O3S.HI/c1-3-20-19(21-7-9-23-8-4-5-17(2)15-23)24-10-12-25(13-11-24)29(26,27)16-18-6-14-28-22-18;/h6,14,17H,3-5,7-13,15-16H2,1-2H3,(H,20,21);1H. The number of guanidine groups is 1. The van der Waals surface area contributed by atoms with Gasteiger partial charge in [0.2, 0.25) is 10.0 Å². The molecule has 0 amide bonds. The van der Waals surface area contributed by atoms with Crippen LogP contribution in [0.4, 0.5) is 0 Å². The lowest BCUT2D eigenvalue weighted by atomic mass is 10.0. The summed E-state index contributed by atoms with van der Waals surface area (Å²) in [6, 6.07) is 1.59. The van der Waals surface area contributed by atoms with Crippen molar-refractivity contribution in [1.82, 2.24) is 24.6 Å². The summed E-state index contributed by atoms with van der Waals surface area (Å²) in [5.74, 6) is 1.53. The average molecular weight is 554 g/mol. The van der Waals surface area contributed by atoms with E-state index >= 15 is 0 Å². The summed E-state index contributed by atoms with van der Waals surface area (Å²) >= 11 is 0. The van der Waals surface area contributed by atoms with Gasteiger partial charge in [-0.2, -0.15) is 4.31 Å². The molecule has 0 aliphatic carbocycles. The van der Waals surface area contributed by atoms with Gasteiger partial charge in [0.25, 0.3) is 0 Å². The highest BCUT2D eigenvalue weighted by Gasteiger charge is 2.29. The molecule has 3 rings (SSSR count). The zero-order chi connectivity index (χ0) is 20.7. The third kappa shape index (κ3) is 7.34. The maximum Gasteiger partial charge on any atom is 0.220 e. The number of aromatic nitrogens is 1. The Hall–Kier alpha value is -0.920. The van der Waals surface area contributed by atoms with Crippen LogP contribution in [0.5, 0.6) is 0 Å². The topological polar surface area (TPSA) is 94.3 Å². The van der Waals surface area contributed by atoms with Gasteiger partial charge in [0.05, 0.1) is 12.2 Å². The number of hydrogen-bond acceptors (Lipinski definition) is 6. The van der Waals surface area contributed by atoms with E-state index in [4.69, 9.17) is 9.52 Å². The second-order valence-electron chi connectivity index (χ2n) is 7.92. The number of aliphatic imine (C=N–C) groups is 1. The normalized spacial score (nSPS) is 22.0. The summed E-state index contributed by atoms with van der Waals surface area (Å²) in [6.07, 6.45) is 3.99. The van der Waals surface area contributed by atoms with Crippen molar-refractivity contribution in [1.29, 1.82) is 0 Å². The highest BCUT2D eigenvalue weighted by molar-refractivity contribution is 14.0. The van der Waals surface area contributed by atoms with E-state index in [0.29, 0.717) is 31.9 Å². The monoisotopic (exact) mass is 554 g/mol. The fourth-order valence-electron chi connectivity index (χ4n) is 3.98. The molecule has 0 radical (unpaired) electrons. The average Bonchev–Trinajstić information content (AvgIpc) is 3.20. The fraction of sp³-hybridized carbons (Fsp3) is 0.789. The lowest BCUT2D eigenvalue weighted by Crippen LogP contribution is -2.54. The second-order valence-corrected chi connectivity index (χ2v) is 9.89. The van der Waals surface area contributed by atoms with Gasteiger partial charge in [0, 0.05) is 51.9 Å². The van der Waals surface area contributed by atoms with Gasteiger partial charge in [-0.3, -0.25) is 4.99 Å². The van der Waals surface area contributed by atoms with Gasteiger partial charge < -0.3 is 19.6 Å². The quantitative estimate of drug-likeness (QED) is 0.310. The van der Waals surface area contributed by atoms with Crippen molar-refractivity contribution < 1.29 is 12.9 Å². The largest absolute Gasteiger partial charge is 0.364 e. The van der Waals surface area contributed by atoms with Crippen molar-refractivity contribution in [2.45, 2.75) is 32.4 Å². The SMILES string of the molecule is CCNC(=NCCN1CCCC(C)C1)N1CCN(S(=O)(=O)Cc2ccon2)CC1.I. The molecule has 1 aromatic heterocycles.